The van der Waals surface area contributed by atoms with Crippen molar-refractivity contribution in [2.45, 2.75) is 50.4 Å². The normalized spacial score (nSPS) is 20.5. The number of nitrogens with one attached hydrogen (secondary N) is 2. The predicted molar refractivity (Wildman–Crippen MR) is 101 cm³/mol. The topological polar surface area (TPSA) is 108 Å². The summed E-state index contributed by atoms with van der Waals surface area (Å²) < 4.78 is 95.8. The molecule has 8 nitrogen and oxygen atoms in total. The molecule has 0 aliphatic carbocycles. The predicted octanol–water partition coefficient (Wildman–Crippen LogP) is 1.81. The second kappa shape index (κ2) is 9.64. The van der Waals surface area contributed by atoms with Crippen LogP contribution in [0.25, 0.3) is 0 Å². The van der Waals surface area contributed by atoms with E-state index >= 15 is 0 Å². The molecule has 0 fully saturated rings. The largest absolute Gasteiger partial charge is 0.486 e. The monoisotopic (exact) mass is 503 g/mol. The maximum atomic E-state index is 13.7. The average molecular weight is 503 g/mol. The van der Waals surface area contributed by atoms with Gasteiger partial charge in [-0.2, -0.15) is 26.3 Å². The van der Waals surface area contributed by atoms with Crippen LogP contribution in [0.15, 0.2) is 18.2 Å². The highest BCUT2D eigenvalue weighted by molar-refractivity contribution is 6.10. The van der Waals surface area contributed by atoms with Crippen molar-refractivity contribution in [2.24, 2.45) is 0 Å². The van der Waals surface area contributed by atoms with E-state index < -0.39 is 72.4 Å². The van der Waals surface area contributed by atoms with Gasteiger partial charge in [-0.05, 0) is 25.5 Å². The Labute approximate surface area is 188 Å². The molecule has 0 aromatic heterocycles. The highest BCUT2D eigenvalue weighted by atomic mass is 19.4. The fourth-order valence-electron chi connectivity index (χ4n) is 3.03. The number of alkyl halides is 6. The van der Waals surface area contributed by atoms with E-state index in [9.17, 15) is 50.2 Å². The van der Waals surface area contributed by atoms with E-state index in [4.69, 9.17) is 4.74 Å². The number of carbonyl (C=O) groups is 3. The summed E-state index contributed by atoms with van der Waals surface area (Å²) in [6.07, 6.45) is -11.2. The number of benzene rings is 1. The van der Waals surface area contributed by atoms with Crippen LogP contribution in [0.3, 0.4) is 0 Å². The van der Waals surface area contributed by atoms with Crippen molar-refractivity contribution < 1.29 is 55.0 Å². The van der Waals surface area contributed by atoms with E-state index in [2.05, 4.69) is 0 Å². The van der Waals surface area contributed by atoms with Crippen LogP contribution in [0.2, 0.25) is 0 Å². The Morgan fingerprint density at radius 2 is 1.74 bits per heavy atom. The first-order valence-electron chi connectivity index (χ1n) is 9.69. The van der Waals surface area contributed by atoms with E-state index in [1.165, 1.54) is 12.2 Å². The number of ether oxygens (including phenoxy) is 1. The lowest BCUT2D eigenvalue weighted by Gasteiger charge is -2.30. The quantitative estimate of drug-likeness (QED) is 0.406. The minimum absolute atomic E-state index is 0.0875. The fraction of sp³-hybridized carbons (Fsp3) is 0.526. The number of hydrogen-bond acceptors (Lipinski definition) is 5. The van der Waals surface area contributed by atoms with E-state index in [1.807, 2.05) is 5.32 Å². The molecule has 1 aromatic carbocycles. The van der Waals surface area contributed by atoms with Gasteiger partial charge in [-0.15, -0.1) is 0 Å². The van der Waals surface area contributed by atoms with Crippen molar-refractivity contribution in [3.8, 4) is 5.75 Å². The Balaban J connectivity index is 2.39. The minimum Gasteiger partial charge on any atom is -0.486 e. The average Bonchev–Trinajstić information content (AvgIpc) is 2.80. The summed E-state index contributed by atoms with van der Waals surface area (Å²) in [5.41, 5.74) is -3.71. The molecule has 34 heavy (non-hydrogen) atoms. The Hall–Kier alpha value is -3.10. The molecular weight excluding hydrogens is 483 g/mol. The van der Waals surface area contributed by atoms with Gasteiger partial charge >= 0.3 is 12.4 Å². The van der Waals surface area contributed by atoms with Gasteiger partial charge in [0.2, 0.25) is 5.60 Å². The zero-order valence-corrected chi connectivity index (χ0v) is 17.7. The molecule has 3 atom stereocenters. The fourth-order valence-corrected chi connectivity index (χ4v) is 3.03. The molecule has 1 aliphatic heterocycles. The molecular formula is C19H20F7N3O5. The lowest BCUT2D eigenvalue weighted by atomic mass is 10.0. The summed E-state index contributed by atoms with van der Waals surface area (Å²) in [6, 6.07) is 0.555. The number of hydrogen-bond donors (Lipinski definition) is 3. The molecule has 0 spiro atoms. The summed E-state index contributed by atoms with van der Waals surface area (Å²) in [4.78, 5) is 37.6. The second-order valence-electron chi connectivity index (χ2n) is 7.54. The molecule has 1 unspecified atom stereocenters. The van der Waals surface area contributed by atoms with Crippen LogP contribution in [0, 0.1) is 5.82 Å². The third kappa shape index (κ3) is 6.48. The summed E-state index contributed by atoms with van der Waals surface area (Å²) in [5.74, 6) is -6.14. The molecule has 0 radical (unpaired) electrons. The van der Waals surface area contributed by atoms with Gasteiger partial charge in [-0.1, -0.05) is 6.92 Å². The standard InChI is InChI=1S/C19H20F7N3O5/c1-3-11-13(28-16(32)17(2,33)15(31)27-7-18(21,22)23)14(30)29(8-19(24,25)26)10-6-9(20)4-5-12(10)34-11/h4-6,11,13,33H,3,7-8H2,1-2H3,(H,27,31)(H,28,32)/t11-,13+,17?/m1/s1. The van der Waals surface area contributed by atoms with Crippen molar-refractivity contribution in [2.75, 3.05) is 18.0 Å². The van der Waals surface area contributed by atoms with Gasteiger partial charge in [0.05, 0.1) is 5.69 Å². The summed E-state index contributed by atoms with van der Waals surface area (Å²) in [6.45, 7) is -1.79. The lowest BCUT2D eigenvalue weighted by molar-refractivity contribution is -0.159. The van der Waals surface area contributed by atoms with Crippen LogP contribution in [0.5, 0.6) is 5.75 Å². The van der Waals surface area contributed by atoms with Crippen LogP contribution < -0.4 is 20.3 Å². The zero-order chi connectivity index (χ0) is 26.1. The van der Waals surface area contributed by atoms with Gasteiger partial charge in [0.25, 0.3) is 17.7 Å². The van der Waals surface area contributed by atoms with Crippen molar-refractivity contribution in [1.29, 1.82) is 0 Å². The van der Waals surface area contributed by atoms with Gasteiger partial charge in [-0.25, -0.2) is 4.39 Å². The molecule has 190 valence electrons. The highest BCUT2D eigenvalue weighted by Crippen LogP contribution is 2.36. The van der Waals surface area contributed by atoms with Crippen molar-refractivity contribution in [3.63, 3.8) is 0 Å². The molecule has 2 rings (SSSR count). The Bertz CT molecular complexity index is 949. The molecule has 1 aliphatic rings. The van der Waals surface area contributed by atoms with Gasteiger partial charge < -0.3 is 20.5 Å². The number of amides is 3. The van der Waals surface area contributed by atoms with Crippen LogP contribution in [0.4, 0.5) is 36.4 Å². The zero-order valence-electron chi connectivity index (χ0n) is 17.7. The van der Waals surface area contributed by atoms with E-state index in [1.54, 1.807) is 0 Å². The number of nitrogens with zero attached hydrogens (tertiary/aromatic N) is 1. The van der Waals surface area contributed by atoms with Crippen LogP contribution >= 0.6 is 0 Å². The third-order valence-corrected chi connectivity index (χ3v) is 4.75. The van der Waals surface area contributed by atoms with E-state index in [0.29, 0.717) is 13.0 Å². The summed E-state index contributed by atoms with van der Waals surface area (Å²) in [5, 5.41) is 13.4. The SMILES string of the molecule is CC[C@H]1Oc2ccc(F)cc2N(CC(F)(F)F)C(=O)[C@H]1NC(=O)C(C)(O)C(=O)NCC(F)(F)F. The van der Waals surface area contributed by atoms with Crippen LogP contribution in [-0.2, 0) is 14.4 Å². The smallest absolute Gasteiger partial charge is 0.406 e. The first-order valence-corrected chi connectivity index (χ1v) is 9.69. The minimum atomic E-state index is -4.96. The Kier molecular flexibility index (Phi) is 7.70. The Morgan fingerprint density at radius 1 is 1.12 bits per heavy atom. The van der Waals surface area contributed by atoms with Crippen molar-refractivity contribution in [3.05, 3.63) is 24.0 Å². The summed E-state index contributed by atoms with van der Waals surface area (Å²) in [7, 11) is 0. The number of fused-ring (bicyclic) bond motifs is 1. The Morgan fingerprint density at radius 3 is 2.26 bits per heavy atom. The number of aliphatic hydroxyl groups is 1. The highest BCUT2D eigenvalue weighted by Gasteiger charge is 2.47. The molecule has 0 saturated heterocycles. The van der Waals surface area contributed by atoms with Gasteiger partial charge in [0, 0.05) is 6.07 Å². The molecule has 1 heterocycles. The van der Waals surface area contributed by atoms with Crippen LogP contribution in [-0.4, -0.2) is 66.0 Å². The number of halogens is 7. The first kappa shape index (κ1) is 27.1. The second-order valence-corrected chi connectivity index (χ2v) is 7.54. The van der Waals surface area contributed by atoms with Crippen molar-refractivity contribution in [1.82, 2.24) is 10.6 Å². The van der Waals surface area contributed by atoms with Gasteiger partial charge in [0.1, 0.15) is 36.8 Å². The maximum Gasteiger partial charge on any atom is 0.406 e. The van der Waals surface area contributed by atoms with E-state index in [-0.39, 0.29) is 17.1 Å². The molecule has 3 amide bonds. The number of rotatable bonds is 6. The first-order chi connectivity index (χ1) is 15.5. The molecule has 15 heteroatoms. The van der Waals surface area contributed by atoms with Crippen LogP contribution in [0.1, 0.15) is 20.3 Å². The van der Waals surface area contributed by atoms with Gasteiger partial charge in [0.15, 0.2) is 0 Å². The molecule has 1 aromatic rings. The lowest BCUT2D eigenvalue weighted by Crippen LogP contribution is -2.63. The van der Waals surface area contributed by atoms with E-state index in [0.717, 1.165) is 12.1 Å². The third-order valence-electron chi connectivity index (χ3n) is 4.75. The molecule has 0 saturated carbocycles. The summed E-state index contributed by atoms with van der Waals surface area (Å²) >= 11 is 0. The molecule has 0 bridgehead atoms. The van der Waals surface area contributed by atoms with Crippen molar-refractivity contribution >= 4 is 23.4 Å². The molecule has 3 N–H and O–H groups in total. The maximum absolute atomic E-state index is 13.7. The van der Waals surface area contributed by atoms with Gasteiger partial charge in [-0.3, -0.25) is 19.3 Å². The number of anilines is 1. The number of carbonyl (C=O) groups excluding carboxylic acids is 3.